The quantitative estimate of drug-likeness (QED) is 0.786. The van der Waals surface area contributed by atoms with Crippen LogP contribution in [0.4, 0.5) is 4.39 Å². The zero-order chi connectivity index (χ0) is 10.1. The molecule has 0 aliphatic carbocycles. The van der Waals surface area contributed by atoms with Crippen LogP contribution in [-0.2, 0) is 0 Å². The third-order valence-electron chi connectivity index (χ3n) is 1.72. The maximum atomic E-state index is 12.9. The fraction of sp³-hybridized carbons (Fsp3) is 0. The van der Waals surface area contributed by atoms with Gasteiger partial charge < -0.3 is 0 Å². The van der Waals surface area contributed by atoms with Crippen LogP contribution in [0, 0.1) is 5.82 Å². The molecule has 14 heavy (non-hydrogen) atoms. The Bertz CT molecular complexity index is 468. The van der Waals surface area contributed by atoms with E-state index in [0.717, 1.165) is 5.69 Å². The molecule has 0 spiro atoms. The highest BCUT2D eigenvalue weighted by molar-refractivity contribution is 9.11. The van der Waals surface area contributed by atoms with E-state index in [1.165, 1.54) is 12.1 Å². The van der Waals surface area contributed by atoms with Crippen LogP contribution < -0.4 is 0 Å². The van der Waals surface area contributed by atoms with Gasteiger partial charge in [-0.1, -0.05) is 6.07 Å². The molecule has 1 aromatic heterocycles. The van der Waals surface area contributed by atoms with Gasteiger partial charge in [-0.3, -0.25) is 4.57 Å². The minimum atomic E-state index is -0.265. The lowest BCUT2D eigenvalue weighted by molar-refractivity contribution is 0.626. The van der Waals surface area contributed by atoms with Gasteiger partial charge in [-0.15, -0.1) is 0 Å². The molecule has 2 aromatic rings. The van der Waals surface area contributed by atoms with Crippen LogP contribution in [0.25, 0.3) is 5.69 Å². The first-order chi connectivity index (χ1) is 6.66. The lowest BCUT2D eigenvalue weighted by Crippen LogP contribution is -1.92. The molecule has 1 aromatic carbocycles. The van der Waals surface area contributed by atoms with Gasteiger partial charge in [0.05, 0.1) is 5.69 Å². The van der Waals surface area contributed by atoms with Gasteiger partial charge in [-0.05, 0) is 50.1 Å². The lowest BCUT2D eigenvalue weighted by atomic mass is 10.3. The summed E-state index contributed by atoms with van der Waals surface area (Å²) >= 11 is 6.52. The molecule has 0 N–H and O–H groups in total. The molecule has 0 fully saturated rings. The molecule has 0 unspecified atom stereocenters. The van der Waals surface area contributed by atoms with Crippen molar-refractivity contribution in [3.63, 3.8) is 0 Å². The van der Waals surface area contributed by atoms with E-state index in [4.69, 9.17) is 0 Å². The molecule has 0 saturated carbocycles. The first kappa shape index (κ1) is 9.86. The zero-order valence-corrected chi connectivity index (χ0v) is 10.1. The van der Waals surface area contributed by atoms with Crippen molar-refractivity contribution in [2.75, 3.05) is 0 Å². The first-order valence-corrected chi connectivity index (χ1v) is 5.42. The summed E-state index contributed by atoms with van der Waals surface area (Å²) in [6.45, 7) is 0. The van der Waals surface area contributed by atoms with Crippen molar-refractivity contribution in [3.8, 4) is 5.69 Å². The van der Waals surface area contributed by atoms with Gasteiger partial charge in [0.1, 0.15) is 10.4 Å². The van der Waals surface area contributed by atoms with Crippen molar-refractivity contribution in [1.29, 1.82) is 0 Å². The number of halogens is 3. The van der Waals surface area contributed by atoms with Crippen LogP contribution in [0.5, 0.6) is 0 Å². The Labute approximate surface area is 97.0 Å². The summed E-state index contributed by atoms with van der Waals surface area (Å²) in [5.41, 5.74) is 0.732. The summed E-state index contributed by atoms with van der Waals surface area (Å²) in [7, 11) is 0. The highest BCUT2D eigenvalue weighted by atomic mass is 79.9. The van der Waals surface area contributed by atoms with Crippen LogP contribution >= 0.6 is 31.9 Å². The highest BCUT2D eigenvalue weighted by Gasteiger charge is 2.05. The molecule has 5 heteroatoms. The molecular formula is C9H5Br2FN2. The molecular weight excluding hydrogens is 315 g/mol. The second kappa shape index (κ2) is 3.82. The van der Waals surface area contributed by atoms with Gasteiger partial charge in [0.2, 0.25) is 0 Å². The summed E-state index contributed by atoms with van der Waals surface area (Å²) < 4.78 is 16.0. The van der Waals surface area contributed by atoms with E-state index in [1.54, 1.807) is 16.8 Å². The molecule has 2 rings (SSSR count). The maximum absolute atomic E-state index is 12.9. The van der Waals surface area contributed by atoms with Gasteiger partial charge in [0.25, 0.3) is 0 Å². The Balaban J connectivity index is 2.54. The Morgan fingerprint density at radius 3 is 2.64 bits per heavy atom. The number of hydrogen-bond donors (Lipinski definition) is 0. The first-order valence-electron chi connectivity index (χ1n) is 3.83. The normalized spacial score (nSPS) is 10.5. The van der Waals surface area contributed by atoms with Crippen molar-refractivity contribution in [1.82, 2.24) is 9.55 Å². The zero-order valence-electron chi connectivity index (χ0n) is 6.92. The second-order valence-corrected chi connectivity index (χ2v) is 4.20. The second-order valence-electron chi connectivity index (χ2n) is 2.68. The molecule has 0 radical (unpaired) electrons. The van der Waals surface area contributed by atoms with Crippen LogP contribution in [0.2, 0.25) is 0 Å². The predicted octanol–water partition coefficient (Wildman–Crippen LogP) is 3.54. The smallest absolute Gasteiger partial charge is 0.182 e. The van der Waals surface area contributed by atoms with Crippen molar-refractivity contribution in [3.05, 3.63) is 45.6 Å². The standard InChI is InChI=1S/C9H5Br2FN2/c10-8-5-14(9(11)13-8)7-3-1-2-6(12)4-7/h1-5H. The van der Waals surface area contributed by atoms with Crippen molar-refractivity contribution >= 4 is 31.9 Å². The van der Waals surface area contributed by atoms with E-state index < -0.39 is 0 Å². The van der Waals surface area contributed by atoms with E-state index in [2.05, 4.69) is 36.8 Å². The molecule has 0 amide bonds. The number of aromatic nitrogens is 2. The van der Waals surface area contributed by atoms with Crippen molar-refractivity contribution in [2.45, 2.75) is 0 Å². The summed E-state index contributed by atoms with van der Waals surface area (Å²) in [6.07, 6.45) is 1.76. The van der Waals surface area contributed by atoms with Gasteiger partial charge >= 0.3 is 0 Å². The van der Waals surface area contributed by atoms with Gasteiger partial charge in [-0.25, -0.2) is 9.37 Å². The average Bonchev–Trinajstić information content (AvgIpc) is 2.45. The fourth-order valence-corrected chi connectivity index (χ4v) is 2.25. The third kappa shape index (κ3) is 1.88. The molecule has 1 heterocycles. The molecule has 2 nitrogen and oxygen atoms in total. The Morgan fingerprint density at radius 1 is 1.29 bits per heavy atom. The van der Waals surface area contributed by atoms with Gasteiger partial charge in [0, 0.05) is 6.20 Å². The van der Waals surface area contributed by atoms with Crippen LogP contribution in [0.3, 0.4) is 0 Å². The van der Waals surface area contributed by atoms with Gasteiger partial charge in [0.15, 0.2) is 4.73 Å². The average molecular weight is 320 g/mol. The number of hydrogen-bond acceptors (Lipinski definition) is 1. The molecule has 72 valence electrons. The summed E-state index contributed by atoms with van der Waals surface area (Å²) in [5.74, 6) is -0.265. The molecule has 0 bridgehead atoms. The monoisotopic (exact) mass is 318 g/mol. The van der Waals surface area contributed by atoms with Crippen molar-refractivity contribution < 1.29 is 4.39 Å². The third-order valence-corrected chi connectivity index (χ3v) is 2.66. The fourth-order valence-electron chi connectivity index (χ4n) is 1.14. The number of imidazole rings is 1. The summed E-state index contributed by atoms with van der Waals surface area (Å²) in [4.78, 5) is 4.09. The van der Waals surface area contributed by atoms with E-state index in [1.807, 2.05) is 6.07 Å². The van der Waals surface area contributed by atoms with Crippen LogP contribution in [0.1, 0.15) is 0 Å². The van der Waals surface area contributed by atoms with Crippen LogP contribution in [-0.4, -0.2) is 9.55 Å². The SMILES string of the molecule is Fc1cccc(-n2cc(Br)nc2Br)c1. The molecule has 0 aliphatic heterocycles. The molecule has 0 saturated heterocycles. The van der Waals surface area contributed by atoms with E-state index >= 15 is 0 Å². The van der Waals surface area contributed by atoms with Crippen LogP contribution in [0.15, 0.2) is 39.8 Å². The number of benzene rings is 1. The number of rotatable bonds is 1. The maximum Gasteiger partial charge on any atom is 0.182 e. The largest absolute Gasteiger partial charge is 0.293 e. The summed E-state index contributed by atoms with van der Waals surface area (Å²) in [5, 5.41) is 0. The molecule has 0 aliphatic rings. The lowest BCUT2D eigenvalue weighted by Gasteiger charge is -2.02. The van der Waals surface area contributed by atoms with E-state index in [0.29, 0.717) is 9.34 Å². The minimum absolute atomic E-state index is 0.265. The molecule has 0 atom stereocenters. The Kier molecular flexibility index (Phi) is 2.69. The number of nitrogens with zero attached hydrogens (tertiary/aromatic N) is 2. The Hall–Kier alpha value is -0.680. The van der Waals surface area contributed by atoms with E-state index in [9.17, 15) is 4.39 Å². The highest BCUT2D eigenvalue weighted by Crippen LogP contribution is 2.20. The van der Waals surface area contributed by atoms with Crippen molar-refractivity contribution in [2.24, 2.45) is 0 Å². The predicted molar refractivity (Wildman–Crippen MR) is 58.9 cm³/mol. The Morgan fingerprint density at radius 2 is 2.07 bits per heavy atom. The van der Waals surface area contributed by atoms with Gasteiger partial charge in [-0.2, -0.15) is 0 Å². The van der Waals surface area contributed by atoms with E-state index in [-0.39, 0.29) is 5.82 Å². The topological polar surface area (TPSA) is 17.8 Å². The summed E-state index contributed by atoms with van der Waals surface area (Å²) in [6, 6.07) is 6.31. The minimum Gasteiger partial charge on any atom is -0.293 e.